The van der Waals surface area contributed by atoms with E-state index in [9.17, 15) is 9.59 Å². The molecule has 1 aliphatic rings. The number of nitrogens with zero attached hydrogens (tertiary/aromatic N) is 2. The first-order chi connectivity index (χ1) is 14.1. The molecule has 2 aromatic carbocycles. The predicted molar refractivity (Wildman–Crippen MR) is 111 cm³/mol. The largest absolute Gasteiger partial charge is 0.351 e. The highest BCUT2D eigenvalue weighted by molar-refractivity contribution is 6.00. The van der Waals surface area contributed by atoms with Crippen molar-refractivity contribution < 1.29 is 9.59 Å². The van der Waals surface area contributed by atoms with Gasteiger partial charge in [0, 0.05) is 43.9 Å². The average Bonchev–Trinajstić information content (AvgIpc) is 3.28. The predicted octanol–water partition coefficient (Wildman–Crippen LogP) is 3.21. The molecule has 6 heteroatoms. The molecular weight excluding hydrogens is 364 g/mol. The first-order valence-electron chi connectivity index (χ1n) is 9.83. The molecular formula is C23H24N4O2. The second kappa shape index (κ2) is 8.31. The normalized spacial score (nSPS) is 19.0. The minimum absolute atomic E-state index is 0.0427. The lowest BCUT2D eigenvalue weighted by Gasteiger charge is -2.39. The van der Waals surface area contributed by atoms with Crippen LogP contribution in [0.4, 0.5) is 0 Å². The third-order valence-corrected chi connectivity index (χ3v) is 5.43. The van der Waals surface area contributed by atoms with Crippen molar-refractivity contribution in [3.63, 3.8) is 0 Å². The van der Waals surface area contributed by atoms with Crippen LogP contribution in [0.3, 0.4) is 0 Å². The number of nitrogens with one attached hydrogen (secondary N) is 2. The van der Waals surface area contributed by atoms with Gasteiger partial charge in [-0.3, -0.25) is 9.59 Å². The van der Waals surface area contributed by atoms with Crippen LogP contribution in [0.2, 0.25) is 0 Å². The minimum atomic E-state index is -0.122. The molecule has 1 aromatic heterocycles. The van der Waals surface area contributed by atoms with Crippen LogP contribution in [-0.2, 0) is 4.79 Å². The molecule has 0 bridgehead atoms. The lowest BCUT2D eigenvalue weighted by atomic mass is 9.85. The molecule has 2 heterocycles. The highest BCUT2D eigenvalue weighted by atomic mass is 16.2. The summed E-state index contributed by atoms with van der Waals surface area (Å²) in [6.45, 7) is 2.64. The topological polar surface area (TPSA) is 78.1 Å². The van der Waals surface area contributed by atoms with Gasteiger partial charge in [0.1, 0.15) is 5.82 Å². The van der Waals surface area contributed by atoms with E-state index in [0.717, 1.165) is 12.0 Å². The smallest absolute Gasteiger partial charge is 0.254 e. The van der Waals surface area contributed by atoms with Gasteiger partial charge in [0.15, 0.2) is 0 Å². The van der Waals surface area contributed by atoms with Gasteiger partial charge in [-0.1, -0.05) is 48.5 Å². The Hall–Kier alpha value is -3.41. The fraction of sp³-hybridized carbons (Fsp3) is 0.261. The SMILES string of the molecule is CC(=O)N[C@H]1CN(C(=O)c2ccccc2-c2ncc[nH]2)CC[C@H]1c1ccccc1. The molecule has 2 atom stereocenters. The maximum Gasteiger partial charge on any atom is 0.254 e. The van der Waals surface area contributed by atoms with Gasteiger partial charge in [-0.25, -0.2) is 4.98 Å². The average molecular weight is 388 g/mol. The zero-order valence-electron chi connectivity index (χ0n) is 16.3. The summed E-state index contributed by atoms with van der Waals surface area (Å²) in [6, 6.07) is 17.5. The molecule has 1 saturated heterocycles. The van der Waals surface area contributed by atoms with Gasteiger partial charge in [-0.05, 0) is 18.1 Å². The second-order valence-electron chi connectivity index (χ2n) is 7.35. The van der Waals surface area contributed by atoms with E-state index >= 15 is 0 Å². The number of amides is 2. The van der Waals surface area contributed by atoms with Crippen LogP contribution in [0, 0.1) is 0 Å². The first-order valence-corrected chi connectivity index (χ1v) is 9.83. The Morgan fingerprint density at radius 3 is 2.59 bits per heavy atom. The molecule has 148 valence electrons. The fourth-order valence-corrected chi connectivity index (χ4v) is 4.10. The van der Waals surface area contributed by atoms with Crippen LogP contribution >= 0.6 is 0 Å². The third-order valence-electron chi connectivity index (χ3n) is 5.43. The van der Waals surface area contributed by atoms with Crippen molar-refractivity contribution >= 4 is 11.8 Å². The standard InChI is InChI=1S/C23H24N4O2/c1-16(28)26-21-15-27(14-11-18(21)17-7-3-2-4-8-17)23(29)20-10-6-5-9-19(20)22-24-12-13-25-22/h2-10,12-13,18,21H,11,14-15H2,1H3,(H,24,25)(H,26,28)/t18-,21-/m0/s1. The van der Waals surface area contributed by atoms with Crippen molar-refractivity contribution in [3.05, 3.63) is 78.1 Å². The van der Waals surface area contributed by atoms with Crippen LogP contribution < -0.4 is 5.32 Å². The van der Waals surface area contributed by atoms with Gasteiger partial charge < -0.3 is 15.2 Å². The van der Waals surface area contributed by atoms with E-state index in [4.69, 9.17) is 0 Å². The molecule has 2 N–H and O–H groups in total. The van der Waals surface area contributed by atoms with E-state index in [0.29, 0.717) is 24.5 Å². The molecule has 0 saturated carbocycles. The van der Waals surface area contributed by atoms with Gasteiger partial charge in [-0.15, -0.1) is 0 Å². The summed E-state index contributed by atoms with van der Waals surface area (Å²) in [6.07, 6.45) is 4.22. The summed E-state index contributed by atoms with van der Waals surface area (Å²) >= 11 is 0. The molecule has 1 aliphatic heterocycles. The Morgan fingerprint density at radius 1 is 1.10 bits per heavy atom. The van der Waals surface area contributed by atoms with E-state index < -0.39 is 0 Å². The summed E-state index contributed by atoms with van der Waals surface area (Å²) in [5.74, 6) is 0.732. The molecule has 0 spiro atoms. The van der Waals surface area contributed by atoms with Gasteiger partial charge in [-0.2, -0.15) is 0 Å². The molecule has 1 fully saturated rings. The third kappa shape index (κ3) is 4.06. The quantitative estimate of drug-likeness (QED) is 0.720. The number of hydrogen-bond acceptors (Lipinski definition) is 3. The molecule has 6 nitrogen and oxygen atoms in total. The number of imidazole rings is 1. The molecule has 3 aromatic rings. The molecule has 4 rings (SSSR count). The zero-order chi connectivity index (χ0) is 20.2. The Morgan fingerprint density at radius 2 is 1.86 bits per heavy atom. The van der Waals surface area contributed by atoms with E-state index in [1.165, 1.54) is 12.5 Å². The Bertz CT molecular complexity index is 985. The van der Waals surface area contributed by atoms with Crippen LogP contribution in [0.1, 0.15) is 35.2 Å². The molecule has 0 radical (unpaired) electrons. The zero-order valence-corrected chi connectivity index (χ0v) is 16.3. The van der Waals surface area contributed by atoms with Crippen LogP contribution in [0.25, 0.3) is 11.4 Å². The maximum atomic E-state index is 13.4. The number of piperidine rings is 1. The van der Waals surface area contributed by atoms with Gasteiger partial charge in [0.2, 0.25) is 5.91 Å². The fourth-order valence-electron chi connectivity index (χ4n) is 4.10. The Balaban J connectivity index is 1.59. The van der Waals surface area contributed by atoms with E-state index in [-0.39, 0.29) is 23.8 Å². The lowest BCUT2D eigenvalue weighted by molar-refractivity contribution is -0.120. The number of carbonyl (C=O) groups is 2. The van der Waals surface area contributed by atoms with Crippen LogP contribution in [0.5, 0.6) is 0 Å². The van der Waals surface area contributed by atoms with Crippen molar-refractivity contribution in [3.8, 4) is 11.4 Å². The van der Waals surface area contributed by atoms with Gasteiger partial charge in [0.25, 0.3) is 5.91 Å². The van der Waals surface area contributed by atoms with E-state index in [1.54, 1.807) is 12.4 Å². The van der Waals surface area contributed by atoms with Crippen molar-refractivity contribution in [2.45, 2.75) is 25.3 Å². The van der Waals surface area contributed by atoms with E-state index in [1.807, 2.05) is 47.4 Å². The number of likely N-dealkylation sites (tertiary alicyclic amines) is 1. The summed E-state index contributed by atoms with van der Waals surface area (Å²) in [5.41, 5.74) is 2.58. The van der Waals surface area contributed by atoms with Gasteiger partial charge >= 0.3 is 0 Å². The van der Waals surface area contributed by atoms with Crippen molar-refractivity contribution in [1.29, 1.82) is 0 Å². The summed E-state index contributed by atoms with van der Waals surface area (Å²) in [4.78, 5) is 34.4. The number of aromatic nitrogens is 2. The molecule has 0 aliphatic carbocycles. The Kier molecular flexibility index (Phi) is 5.42. The number of aromatic amines is 1. The number of carbonyl (C=O) groups excluding carboxylic acids is 2. The molecule has 29 heavy (non-hydrogen) atoms. The summed E-state index contributed by atoms with van der Waals surface area (Å²) in [5, 5.41) is 3.06. The Labute approximate surface area is 170 Å². The number of H-pyrrole nitrogens is 1. The molecule has 0 unspecified atom stereocenters. The number of benzene rings is 2. The number of rotatable bonds is 4. The highest BCUT2D eigenvalue weighted by Gasteiger charge is 2.34. The van der Waals surface area contributed by atoms with Crippen molar-refractivity contribution in [2.24, 2.45) is 0 Å². The van der Waals surface area contributed by atoms with Crippen LogP contribution in [0.15, 0.2) is 67.0 Å². The van der Waals surface area contributed by atoms with Crippen molar-refractivity contribution in [1.82, 2.24) is 20.2 Å². The molecule has 2 amide bonds. The van der Waals surface area contributed by atoms with Gasteiger partial charge in [0.05, 0.1) is 11.6 Å². The monoisotopic (exact) mass is 388 g/mol. The second-order valence-corrected chi connectivity index (χ2v) is 7.35. The number of hydrogen-bond donors (Lipinski definition) is 2. The maximum absolute atomic E-state index is 13.4. The minimum Gasteiger partial charge on any atom is -0.351 e. The summed E-state index contributed by atoms with van der Waals surface area (Å²) in [7, 11) is 0. The van der Waals surface area contributed by atoms with Crippen molar-refractivity contribution in [2.75, 3.05) is 13.1 Å². The first kappa shape index (κ1) is 18.9. The van der Waals surface area contributed by atoms with E-state index in [2.05, 4.69) is 27.4 Å². The summed E-state index contributed by atoms with van der Waals surface area (Å²) < 4.78 is 0. The lowest BCUT2D eigenvalue weighted by Crippen LogP contribution is -2.52. The van der Waals surface area contributed by atoms with Crippen LogP contribution in [-0.4, -0.2) is 45.8 Å². The highest BCUT2D eigenvalue weighted by Crippen LogP contribution is 2.30.